The van der Waals surface area contributed by atoms with Crippen LogP contribution in [0.3, 0.4) is 0 Å². The average molecular weight is 361 g/mol. The number of nitrogens with one attached hydrogen (secondary N) is 1. The molecule has 1 aliphatic carbocycles. The van der Waals surface area contributed by atoms with Crippen LogP contribution in [0.4, 0.5) is 5.82 Å². The van der Waals surface area contributed by atoms with E-state index in [9.17, 15) is 8.42 Å². The van der Waals surface area contributed by atoms with Gasteiger partial charge in [0.05, 0.1) is 6.20 Å². The van der Waals surface area contributed by atoms with Crippen molar-refractivity contribution < 1.29 is 8.42 Å². The van der Waals surface area contributed by atoms with Crippen LogP contribution >= 0.6 is 0 Å². The third-order valence-corrected chi connectivity index (χ3v) is 5.45. The van der Waals surface area contributed by atoms with Crippen molar-refractivity contribution in [1.82, 2.24) is 19.9 Å². The van der Waals surface area contributed by atoms with Crippen molar-refractivity contribution in [1.29, 1.82) is 0 Å². The van der Waals surface area contributed by atoms with Crippen LogP contribution in [0.25, 0.3) is 0 Å². The van der Waals surface area contributed by atoms with E-state index in [4.69, 9.17) is 4.98 Å². The molecule has 2 aromatic heterocycles. The molecule has 1 N–H and O–H groups in total. The zero-order valence-electron chi connectivity index (χ0n) is 14.8. The lowest BCUT2D eigenvalue weighted by atomic mass is 9.95. The number of sulfone groups is 1. The Morgan fingerprint density at radius 1 is 1.12 bits per heavy atom. The SMILES string of the molecule is Cc1ncc(S(C)(=O)=O)c(NCCc2nc(C)c3c(n2)CCCC3)n1. The molecule has 0 amide bonds. The first-order chi connectivity index (χ1) is 11.8. The number of hydrogen-bond acceptors (Lipinski definition) is 7. The van der Waals surface area contributed by atoms with Gasteiger partial charge >= 0.3 is 0 Å². The lowest BCUT2D eigenvalue weighted by Crippen LogP contribution is -2.16. The molecule has 0 radical (unpaired) electrons. The summed E-state index contributed by atoms with van der Waals surface area (Å²) >= 11 is 0. The second kappa shape index (κ2) is 7.03. The molecule has 0 unspecified atom stereocenters. The van der Waals surface area contributed by atoms with Gasteiger partial charge in [0.1, 0.15) is 22.4 Å². The van der Waals surface area contributed by atoms with Gasteiger partial charge in [-0.15, -0.1) is 0 Å². The Balaban J connectivity index is 1.74. The first-order valence-electron chi connectivity index (χ1n) is 8.47. The largest absolute Gasteiger partial charge is 0.368 e. The number of aromatic nitrogens is 4. The molecule has 2 aromatic rings. The molecule has 2 heterocycles. The second-order valence-corrected chi connectivity index (χ2v) is 8.42. The zero-order chi connectivity index (χ0) is 18.0. The number of aryl methyl sites for hydroxylation is 3. The number of hydrogen-bond donors (Lipinski definition) is 1. The van der Waals surface area contributed by atoms with E-state index in [1.165, 1.54) is 30.3 Å². The molecule has 0 atom stereocenters. The van der Waals surface area contributed by atoms with Gasteiger partial charge in [-0.05, 0) is 45.1 Å². The van der Waals surface area contributed by atoms with E-state index in [-0.39, 0.29) is 4.90 Å². The van der Waals surface area contributed by atoms with Crippen molar-refractivity contribution >= 4 is 15.7 Å². The molecule has 0 saturated carbocycles. The fraction of sp³-hybridized carbons (Fsp3) is 0.529. The zero-order valence-corrected chi connectivity index (χ0v) is 15.7. The minimum absolute atomic E-state index is 0.112. The van der Waals surface area contributed by atoms with Gasteiger partial charge < -0.3 is 5.32 Å². The molecule has 0 fully saturated rings. The Bertz CT molecular complexity index is 896. The van der Waals surface area contributed by atoms with Crippen molar-refractivity contribution in [3.05, 3.63) is 34.8 Å². The van der Waals surface area contributed by atoms with Gasteiger partial charge in [0.25, 0.3) is 0 Å². The lowest BCUT2D eigenvalue weighted by molar-refractivity contribution is 0.601. The highest BCUT2D eigenvalue weighted by Gasteiger charge is 2.17. The molecule has 8 heteroatoms. The summed E-state index contributed by atoms with van der Waals surface area (Å²) < 4.78 is 23.7. The molecular formula is C17H23N5O2S. The quantitative estimate of drug-likeness (QED) is 0.867. The first-order valence-corrected chi connectivity index (χ1v) is 10.4. The monoisotopic (exact) mass is 361 g/mol. The van der Waals surface area contributed by atoms with Gasteiger partial charge in [-0.2, -0.15) is 0 Å². The van der Waals surface area contributed by atoms with E-state index in [0.29, 0.717) is 24.6 Å². The summed E-state index contributed by atoms with van der Waals surface area (Å²) in [6.07, 6.45) is 7.58. The maximum absolute atomic E-state index is 11.9. The van der Waals surface area contributed by atoms with Gasteiger partial charge in [0.15, 0.2) is 9.84 Å². The average Bonchev–Trinajstić information content (AvgIpc) is 2.54. The number of fused-ring (bicyclic) bond motifs is 1. The molecule has 7 nitrogen and oxygen atoms in total. The third-order valence-electron chi connectivity index (χ3n) is 4.35. The van der Waals surface area contributed by atoms with E-state index in [1.54, 1.807) is 6.92 Å². The van der Waals surface area contributed by atoms with Crippen LogP contribution < -0.4 is 5.32 Å². The summed E-state index contributed by atoms with van der Waals surface area (Å²) in [6, 6.07) is 0. The highest BCUT2D eigenvalue weighted by atomic mass is 32.2. The van der Waals surface area contributed by atoms with Crippen LogP contribution in [0.5, 0.6) is 0 Å². The summed E-state index contributed by atoms with van der Waals surface area (Å²) in [5, 5.41) is 3.10. The standard InChI is InChI=1S/C17H23N5O2S/c1-11-13-6-4-5-7-14(13)22-16(20-11)8-9-18-17-15(25(3,23)24)10-19-12(2)21-17/h10H,4-9H2,1-3H3,(H,18,19,21). The highest BCUT2D eigenvalue weighted by Crippen LogP contribution is 2.22. The van der Waals surface area contributed by atoms with Crippen LogP contribution in [0.2, 0.25) is 0 Å². The fourth-order valence-corrected chi connectivity index (χ4v) is 3.82. The molecule has 1 aliphatic rings. The van der Waals surface area contributed by atoms with E-state index in [0.717, 1.165) is 30.6 Å². The lowest BCUT2D eigenvalue weighted by Gasteiger charge is -2.17. The van der Waals surface area contributed by atoms with E-state index >= 15 is 0 Å². The van der Waals surface area contributed by atoms with Crippen molar-refractivity contribution in [2.45, 2.75) is 50.8 Å². The van der Waals surface area contributed by atoms with Crippen LogP contribution in [0.15, 0.2) is 11.1 Å². The summed E-state index contributed by atoms with van der Waals surface area (Å²) in [5.41, 5.74) is 3.53. The van der Waals surface area contributed by atoms with E-state index in [2.05, 4.69) is 20.3 Å². The molecular weight excluding hydrogens is 338 g/mol. The molecule has 134 valence electrons. The van der Waals surface area contributed by atoms with Crippen molar-refractivity contribution in [3.8, 4) is 0 Å². The molecule has 0 aromatic carbocycles. The van der Waals surface area contributed by atoms with Crippen molar-refractivity contribution in [3.63, 3.8) is 0 Å². The minimum atomic E-state index is -3.38. The van der Waals surface area contributed by atoms with Gasteiger partial charge in [0.2, 0.25) is 0 Å². The number of anilines is 1. The Hall–Kier alpha value is -2.09. The smallest absolute Gasteiger partial charge is 0.180 e. The third kappa shape index (κ3) is 4.12. The maximum Gasteiger partial charge on any atom is 0.180 e. The van der Waals surface area contributed by atoms with E-state index < -0.39 is 9.84 Å². The normalized spacial score (nSPS) is 14.2. The second-order valence-electron chi connectivity index (χ2n) is 6.44. The van der Waals surface area contributed by atoms with Crippen LogP contribution in [0, 0.1) is 13.8 Å². The fourth-order valence-electron chi connectivity index (χ4n) is 3.11. The Labute approximate surface area is 148 Å². The topological polar surface area (TPSA) is 97.7 Å². The van der Waals surface area contributed by atoms with Gasteiger partial charge in [-0.3, -0.25) is 0 Å². The van der Waals surface area contributed by atoms with Crippen molar-refractivity contribution in [2.75, 3.05) is 18.1 Å². The Morgan fingerprint density at radius 2 is 1.88 bits per heavy atom. The van der Waals surface area contributed by atoms with Crippen LogP contribution in [-0.4, -0.2) is 41.2 Å². The highest BCUT2D eigenvalue weighted by molar-refractivity contribution is 7.90. The number of nitrogens with zero attached hydrogens (tertiary/aromatic N) is 4. The summed E-state index contributed by atoms with van der Waals surface area (Å²) in [5.74, 6) is 1.65. The predicted octanol–water partition coefficient (Wildman–Crippen LogP) is 1.82. The van der Waals surface area contributed by atoms with Gasteiger partial charge in [-0.1, -0.05) is 0 Å². The van der Waals surface area contributed by atoms with E-state index in [1.807, 2.05) is 6.92 Å². The predicted molar refractivity (Wildman–Crippen MR) is 95.5 cm³/mol. The molecule has 0 aliphatic heterocycles. The maximum atomic E-state index is 11.9. The molecule has 0 spiro atoms. The molecule has 3 rings (SSSR count). The van der Waals surface area contributed by atoms with Crippen molar-refractivity contribution in [2.24, 2.45) is 0 Å². The molecule has 0 saturated heterocycles. The van der Waals surface area contributed by atoms with Gasteiger partial charge in [-0.25, -0.2) is 28.4 Å². The van der Waals surface area contributed by atoms with Crippen LogP contribution in [-0.2, 0) is 29.1 Å². The molecule has 0 bridgehead atoms. The first kappa shape index (κ1) is 17.7. The summed E-state index contributed by atoms with van der Waals surface area (Å²) in [7, 11) is -3.38. The Morgan fingerprint density at radius 3 is 2.64 bits per heavy atom. The number of rotatable bonds is 5. The summed E-state index contributed by atoms with van der Waals surface area (Å²) in [6.45, 7) is 4.28. The molecule has 25 heavy (non-hydrogen) atoms. The Kier molecular flexibility index (Phi) is 4.99. The summed E-state index contributed by atoms with van der Waals surface area (Å²) in [4.78, 5) is 17.6. The minimum Gasteiger partial charge on any atom is -0.368 e. The van der Waals surface area contributed by atoms with Crippen LogP contribution in [0.1, 0.15) is 41.4 Å². The van der Waals surface area contributed by atoms with Gasteiger partial charge in [0, 0.05) is 30.6 Å².